The number of rotatable bonds is 4. The molecule has 0 aliphatic heterocycles. The summed E-state index contributed by atoms with van der Waals surface area (Å²) in [5.41, 5.74) is 1.14. The van der Waals surface area contributed by atoms with Crippen molar-refractivity contribution < 1.29 is 9.53 Å². The molecule has 3 heteroatoms. The van der Waals surface area contributed by atoms with E-state index in [1.54, 1.807) is 0 Å². The van der Waals surface area contributed by atoms with Gasteiger partial charge in [-0.15, -0.1) is 0 Å². The van der Waals surface area contributed by atoms with E-state index in [4.69, 9.17) is 4.74 Å². The maximum absolute atomic E-state index is 11.9. The summed E-state index contributed by atoms with van der Waals surface area (Å²) in [4.78, 5) is 16.2. The Kier molecular flexibility index (Phi) is 4.41. The summed E-state index contributed by atoms with van der Waals surface area (Å²) in [6.07, 6.45) is 5.00. The first-order chi connectivity index (χ1) is 9.87. The molecule has 1 heterocycles. The summed E-state index contributed by atoms with van der Waals surface area (Å²) in [5, 5.41) is 2.28. The molecule has 1 aromatic heterocycles. The molecule has 0 aliphatic carbocycles. The van der Waals surface area contributed by atoms with E-state index in [0.29, 0.717) is 12.0 Å². The van der Waals surface area contributed by atoms with Crippen molar-refractivity contribution in [2.45, 2.75) is 39.2 Å². The van der Waals surface area contributed by atoms with E-state index < -0.39 is 5.60 Å². The number of nitrogens with zero attached hydrogens (tertiary/aromatic N) is 1. The fourth-order valence-corrected chi connectivity index (χ4v) is 2.12. The smallest absolute Gasteiger partial charge is 0.333 e. The number of carbonyl (C=O) groups is 1. The Morgan fingerprint density at radius 3 is 2.67 bits per heavy atom. The van der Waals surface area contributed by atoms with Crippen LogP contribution in [0.2, 0.25) is 0 Å². The van der Waals surface area contributed by atoms with Crippen molar-refractivity contribution >= 4 is 16.7 Å². The van der Waals surface area contributed by atoms with Gasteiger partial charge < -0.3 is 4.74 Å². The van der Waals surface area contributed by atoms with Crippen molar-refractivity contribution in [3.8, 4) is 0 Å². The van der Waals surface area contributed by atoms with Crippen LogP contribution in [-0.4, -0.2) is 16.6 Å². The van der Waals surface area contributed by atoms with Crippen LogP contribution in [0.25, 0.3) is 10.8 Å². The molecule has 0 bridgehead atoms. The van der Waals surface area contributed by atoms with Gasteiger partial charge in [-0.25, -0.2) is 4.79 Å². The van der Waals surface area contributed by atoms with Gasteiger partial charge in [0.05, 0.1) is 0 Å². The summed E-state index contributed by atoms with van der Waals surface area (Å²) < 4.78 is 5.32. The molecule has 1 aromatic carbocycles. The molecule has 0 saturated heterocycles. The number of aryl methyl sites for hydroxylation is 1. The first kappa shape index (κ1) is 15.2. The van der Waals surface area contributed by atoms with Crippen molar-refractivity contribution in [2.24, 2.45) is 0 Å². The molecule has 21 heavy (non-hydrogen) atoms. The highest BCUT2D eigenvalue weighted by molar-refractivity contribution is 5.88. The van der Waals surface area contributed by atoms with Crippen molar-refractivity contribution in [1.82, 2.24) is 4.98 Å². The third kappa shape index (κ3) is 4.15. The van der Waals surface area contributed by atoms with Crippen LogP contribution in [0.1, 0.15) is 32.8 Å². The van der Waals surface area contributed by atoms with Crippen LogP contribution in [-0.2, 0) is 16.0 Å². The predicted molar refractivity (Wildman–Crippen MR) is 85.0 cm³/mol. The number of pyridine rings is 1. The summed E-state index contributed by atoms with van der Waals surface area (Å²) >= 11 is 0. The van der Waals surface area contributed by atoms with Crippen molar-refractivity contribution in [1.29, 1.82) is 0 Å². The number of aromatic nitrogens is 1. The monoisotopic (exact) mass is 283 g/mol. The highest BCUT2D eigenvalue weighted by Gasteiger charge is 2.18. The van der Waals surface area contributed by atoms with E-state index in [9.17, 15) is 4.79 Å². The minimum Gasteiger partial charge on any atom is -0.457 e. The van der Waals surface area contributed by atoms with E-state index in [2.05, 4.69) is 17.6 Å². The van der Waals surface area contributed by atoms with Crippen molar-refractivity contribution in [3.63, 3.8) is 0 Å². The molecule has 0 atom stereocenters. The second-order valence-corrected chi connectivity index (χ2v) is 6.13. The summed E-state index contributed by atoms with van der Waals surface area (Å²) in [6, 6.07) is 8.11. The molecule has 0 aliphatic rings. The van der Waals surface area contributed by atoms with Crippen LogP contribution in [0.5, 0.6) is 0 Å². The zero-order valence-electron chi connectivity index (χ0n) is 12.8. The number of fused-ring (bicyclic) bond motifs is 1. The van der Waals surface area contributed by atoms with E-state index >= 15 is 0 Å². The third-order valence-corrected chi connectivity index (χ3v) is 3.13. The molecular formula is C18H21NO2. The standard InChI is InChI=1S/C18H21NO2/c1-13(17(20)21-18(2,3)4)9-10-15-12-19-11-14-7-5-6-8-16(14)15/h5-8,11-12H,1,9-10H2,2-4H3. The Labute approximate surface area is 125 Å². The zero-order valence-corrected chi connectivity index (χ0v) is 12.8. The van der Waals surface area contributed by atoms with E-state index in [1.807, 2.05) is 51.4 Å². The van der Waals surface area contributed by atoms with E-state index in [-0.39, 0.29) is 5.97 Å². The Hall–Kier alpha value is -2.16. The minimum atomic E-state index is -0.485. The number of benzene rings is 1. The lowest BCUT2D eigenvalue weighted by Crippen LogP contribution is -2.24. The Morgan fingerprint density at radius 1 is 1.24 bits per heavy atom. The summed E-state index contributed by atoms with van der Waals surface area (Å²) in [5.74, 6) is -0.323. The van der Waals surface area contributed by atoms with Crippen LogP contribution in [0.4, 0.5) is 0 Å². The predicted octanol–water partition coefficient (Wildman–Crippen LogP) is 4.07. The fourth-order valence-electron chi connectivity index (χ4n) is 2.12. The van der Waals surface area contributed by atoms with Gasteiger partial charge in [0.15, 0.2) is 0 Å². The fraction of sp³-hybridized carbons (Fsp3) is 0.333. The van der Waals surface area contributed by atoms with Crippen molar-refractivity contribution in [2.75, 3.05) is 0 Å². The molecule has 0 spiro atoms. The molecule has 0 fully saturated rings. The van der Waals surface area contributed by atoms with Gasteiger partial charge in [-0.05, 0) is 44.6 Å². The van der Waals surface area contributed by atoms with Crippen LogP contribution in [0.15, 0.2) is 48.8 Å². The van der Waals surface area contributed by atoms with Crippen LogP contribution in [0.3, 0.4) is 0 Å². The van der Waals surface area contributed by atoms with Gasteiger partial charge in [0, 0.05) is 23.4 Å². The molecule has 110 valence electrons. The van der Waals surface area contributed by atoms with E-state index in [1.165, 1.54) is 5.39 Å². The minimum absolute atomic E-state index is 0.323. The summed E-state index contributed by atoms with van der Waals surface area (Å²) in [7, 11) is 0. The third-order valence-electron chi connectivity index (χ3n) is 3.13. The molecule has 0 unspecified atom stereocenters. The number of hydrogen-bond acceptors (Lipinski definition) is 3. The maximum Gasteiger partial charge on any atom is 0.333 e. The average molecular weight is 283 g/mol. The van der Waals surface area contributed by atoms with Gasteiger partial charge in [-0.2, -0.15) is 0 Å². The molecule has 0 radical (unpaired) electrons. The lowest BCUT2D eigenvalue weighted by atomic mass is 10.0. The van der Waals surface area contributed by atoms with Crippen LogP contribution in [0, 0.1) is 0 Å². The van der Waals surface area contributed by atoms with Gasteiger partial charge in [0.25, 0.3) is 0 Å². The highest BCUT2D eigenvalue weighted by atomic mass is 16.6. The Balaban J connectivity index is 2.05. The van der Waals surface area contributed by atoms with Gasteiger partial charge in [0.1, 0.15) is 5.60 Å². The topological polar surface area (TPSA) is 39.2 Å². The quantitative estimate of drug-likeness (QED) is 0.627. The van der Waals surface area contributed by atoms with Crippen molar-refractivity contribution in [3.05, 3.63) is 54.4 Å². The van der Waals surface area contributed by atoms with Crippen LogP contribution < -0.4 is 0 Å². The lowest BCUT2D eigenvalue weighted by molar-refractivity contribution is -0.150. The SMILES string of the molecule is C=C(CCc1cncc2ccccc12)C(=O)OC(C)(C)C. The van der Waals surface area contributed by atoms with E-state index in [0.717, 1.165) is 17.4 Å². The van der Waals surface area contributed by atoms with Crippen LogP contribution >= 0.6 is 0 Å². The van der Waals surface area contributed by atoms with Gasteiger partial charge in [-0.1, -0.05) is 30.8 Å². The number of hydrogen-bond donors (Lipinski definition) is 0. The van der Waals surface area contributed by atoms with Gasteiger partial charge >= 0.3 is 5.97 Å². The Morgan fingerprint density at radius 2 is 1.95 bits per heavy atom. The number of ether oxygens (including phenoxy) is 1. The largest absolute Gasteiger partial charge is 0.457 e. The summed E-state index contributed by atoms with van der Waals surface area (Å²) in [6.45, 7) is 9.40. The second-order valence-electron chi connectivity index (χ2n) is 6.13. The molecule has 3 nitrogen and oxygen atoms in total. The zero-order chi connectivity index (χ0) is 15.5. The van der Waals surface area contributed by atoms with Gasteiger partial charge in [0.2, 0.25) is 0 Å². The molecule has 0 saturated carbocycles. The maximum atomic E-state index is 11.9. The molecule has 0 N–H and O–H groups in total. The molecular weight excluding hydrogens is 262 g/mol. The molecule has 2 rings (SSSR count). The van der Waals surface area contributed by atoms with Gasteiger partial charge in [-0.3, -0.25) is 4.98 Å². The normalized spacial score (nSPS) is 11.4. The molecule has 2 aromatic rings. The number of carbonyl (C=O) groups excluding carboxylic acids is 1. The highest BCUT2D eigenvalue weighted by Crippen LogP contribution is 2.20. The first-order valence-electron chi connectivity index (χ1n) is 7.09. The molecule has 0 amide bonds. The average Bonchev–Trinajstić information content (AvgIpc) is 2.42. The Bertz CT molecular complexity index is 663. The number of esters is 1. The first-order valence-corrected chi connectivity index (χ1v) is 7.09. The lowest BCUT2D eigenvalue weighted by Gasteiger charge is -2.20. The second kappa shape index (κ2) is 6.08.